The van der Waals surface area contributed by atoms with Gasteiger partial charge in [0, 0.05) is 174 Å². The lowest BCUT2D eigenvalue weighted by molar-refractivity contribution is 1.18. The summed E-state index contributed by atoms with van der Waals surface area (Å²) in [5, 5.41) is 17.5. The van der Waals surface area contributed by atoms with Crippen LogP contribution in [0.1, 0.15) is 0 Å². The van der Waals surface area contributed by atoms with Gasteiger partial charge in [0.25, 0.3) is 0 Å². The summed E-state index contributed by atoms with van der Waals surface area (Å²) in [7, 11) is -12.0. The molecule has 23 heteroatoms. The third-order valence-electron chi connectivity index (χ3n) is 25.2. The fourth-order valence-electron chi connectivity index (χ4n) is 19.2. The Labute approximate surface area is 826 Å². The van der Waals surface area contributed by atoms with Crippen molar-refractivity contribution in [2.75, 3.05) is 0 Å². The number of rotatable bonds is 23. The first-order chi connectivity index (χ1) is 70.6. The predicted octanol–water partition coefficient (Wildman–Crippen LogP) is 12.4. The molecule has 0 aliphatic heterocycles. The minimum absolute atomic E-state index is 0.793. The highest BCUT2D eigenvalue weighted by molar-refractivity contribution is 7.22. The highest BCUT2D eigenvalue weighted by Crippen LogP contribution is 2.29. The van der Waals surface area contributed by atoms with Crippen molar-refractivity contribution in [1.29, 1.82) is 0 Å². The van der Waals surface area contributed by atoms with Gasteiger partial charge in [-0.15, -0.1) is 0 Å². The van der Waals surface area contributed by atoms with Crippen molar-refractivity contribution in [1.82, 2.24) is 94.7 Å². The van der Waals surface area contributed by atoms with Crippen molar-refractivity contribution >= 4 is 116 Å². The van der Waals surface area contributed by atoms with Crippen LogP contribution in [0, 0.1) is 0 Å². The van der Waals surface area contributed by atoms with E-state index in [9.17, 15) is 0 Å². The van der Waals surface area contributed by atoms with Gasteiger partial charge in [-0.25, -0.2) is 39.9 Å². The van der Waals surface area contributed by atoms with E-state index < -0.39 is 32.3 Å². The van der Waals surface area contributed by atoms with E-state index >= 15 is 0 Å². The van der Waals surface area contributed by atoms with Gasteiger partial charge in [-0.2, -0.15) is 0 Å². The molecule has 0 fully saturated rings. The van der Waals surface area contributed by atoms with E-state index in [1.165, 1.54) is 25.9 Å². The molecule has 0 radical (unpaired) electrons. The standard InChI is InChI=1S/C32H24N4Si.2C30H22N6Si.C27H21N3Si/c1-5-13-25(14-6-1)29-21-33-23-35-31(29)37(27-17-9-3-10-18-27,28-19-11-4-12-20-28)32-30(22-34-24-36-32)26-15-7-2-8-16-26;1-3-11-25(12-4-1)37(26-13-5-2-6-14-26,29-27(19-33-21-35-29)23-9-7-15-31-17-23)30-28(20-34-22-36-30)24-10-8-16-32-18-24;1-3-9-25(10-4-1)37(26-11-5-2-6-12-26,29-27(33-18-20-35-29)23-13-16-31-17-14-23)30-28(34-19-21-36-30)24-8-7-15-32-22-24;1-4-12-23(13-5-1)31(24-14-6-2-7-15-24,25-16-8-3-9-17-25)27-26(29-19-20-30-27)22-11-10-18-28-21-22/h1-24H;2*1-22H;1-21H. The first-order valence-electron chi connectivity index (χ1n) is 46.4. The van der Waals surface area contributed by atoms with E-state index in [2.05, 4.69) is 348 Å². The first kappa shape index (κ1) is 91.4. The molecule has 676 valence electrons. The number of pyridine rings is 5. The number of nitrogens with zero attached hydrogens (tertiary/aromatic N) is 19. The highest BCUT2D eigenvalue weighted by Gasteiger charge is 2.52. The summed E-state index contributed by atoms with van der Waals surface area (Å²) < 4.78 is 0. The van der Waals surface area contributed by atoms with Crippen LogP contribution in [0.15, 0.2) is 544 Å². The molecule has 0 aliphatic carbocycles. The van der Waals surface area contributed by atoms with Crippen molar-refractivity contribution in [2.45, 2.75) is 0 Å². The third-order valence-corrected chi connectivity index (χ3v) is 43.7. The van der Waals surface area contributed by atoms with Crippen LogP contribution in [0.3, 0.4) is 0 Å². The van der Waals surface area contributed by atoms with Crippen molar-refractivity contribution in [2.24, 2.45) is 0 Å². The molecule has 0 aliphatic rings. The fourth-order valence-corrected chi connectivity index (χ4v) is 38.2. The lowest BCUT2D eigenvalue weighted by Gasteiger charge is -2.34. The number of hydrogen-bond donors (Lipinski definition) is 0. The zero-order valence-electron chi connectivity index (χ0n) is 76.9. The molecular formula is C119H89N19Si4. The van der Waals surface area contributed by atoms with Gasteiger partial charge >= 0.3 is 0 Å². The molecule has 0 N–H and O–H groups in total. The average Bonchev–Trinajstić information content (AvgIpc) is 0.719. The maximum Gasteiger partial charge on any atom is 0.229 e. The van der Waals surface area contributed by atoms with Crippen LogP contribution < -0.4 is 83.9 Å². The molecule has 0 saturated carbocycles. The van der Waals surface area contributed by atoms with E-state index in [1.807, 2.05) is 147 Å². The van der Waals surface area contributed by atoms with E-state index in [4.69, 9.17) is 49.8 Å². The Morgan fingerprint density at radius 2 is 0.324 bits per heavy atom. The summed E-state index contributed by atoms with van der Waals surface area (Å²) in [5.41, 5.74) is 13.3. The maximum atomic E-state index is 5.09. The van der Waals surface area contributed by atoms with Crippen molar-refractivity contribution in [3.63, 3.8) is 0 Å². The molecule has 12 heterocycles. The Bertz CT molecular complexity index is 6940. The number of hydrogen-bond acceptors (Lipinski definition) is 19. The second kappa shape index (κ2) is 43.7. The van der Waals surface area contributed by atoms with Crippen LogP contribution in [0.4, 0.5) is 0 Å². The maximum absolute atomic E-state index is 5.09. The van der Waals surface area contributed by atoms with E-state index in [-0.39, 0.29) is 0 Å². The molecule has 23 aromatic rings. The summed E-state index contributed by atoms with van der Waals surface area (Å²) in [5.74, 6) is 0. The van der Waals surface area contributed by atoms with E-state index in [1.54, 1.807) is 93.5 Å². The molecule has 19 nitrogen and oxygen atoms in total. The molecule has 142 heavy (non-hydrogen) atoms. The summed E-state index contributed by atoms with van der Waals surface area (Å²) in [6, 6.07) is 136. The topological polar surface area (TPSA) is 245 Å². The fraction of sp³-hybridized carbons (Fsp3) is 0. The summed E-state index contributed by atoms with van der Waals surface area (Å²) in [6.07, 6.45) is 42.9. The second-order valence-corrected chi connectivity index (χ2v) is 47.6. The third kappa shape index (κ3) is 18.3. The minimum atomic E-state index is -3.15. The average molecular weight is 1900 g/mol. The van der Waals surface area contributed by atoms with Crippen molar-refractivity contribution < 1.29 is 0 Å². The Hall–Kier alpha value is -18.4. The Kier molecular flexibility index (Phi) is 28.1. The Balaban J connectivity index is 0.000000116. The minimum Gasteiger partial charge on any atom is -0.265 e. The van der Waals surface area contributed by atoms with Gasteiger partial charge in [0.1, 0.15) is 25.3 Å². The first-order valence-corrected chi connectivity index (χ1v) is 54.4. The monoisotopic (exact) mass is 1900 g/mol. The van der Waals surface area contributed by atoms with Gasteiger partial charge in [0.05, 0.1) is 54.3 Å². The molecular weight excluding hydrogens is 1810 g/mol. The van der Waals surface area contributed by atoms with Crippen LogP contribution in [0.5, 0.6) is 0 Å². The molecule has 0 unspecified atom stereocenters. The zero-order valence-corrected chi connectivity index (χ0v) is 80.9. The summed E-state index contributed by atoms with van der Waals surface area (Å²) in [6.45, 7) is 0. The van der Waals surface area contributed by atoms with Gasteiger partial charge in [-0.3, -0.25) is 54.8 Å². The van der Waals surface area contributed by atoms with Crippen LogP contribution >= 0.6 is 0 Å². The molecule has 23 rings (SSSR count). The van der Waals surface area contributed by atoms with E-state index in [0.717, 1.165) is 136 Å². The molecule has 0 spiro atoms. The lowest BCUT2D eigenvalue weighted by atomic mass is 10.1. The lowest BCUT2D eigenvalue weighted by Crippen LogP contribution is -2.77. The smallest absolute Gasteiger partial charge is 0.229 e. The largest absolute Gasteiger partial charge is 0.265 e. The molecule has 0 saturated heterocycles. The Morgan fingerprint density at radius 3 is 0.577 bits per heavy atom. The van der Waals surface area contributed by atoms with Gasteiger partial charge in [-0.05, 0) is 106 Å². The quantitative estimate of drug-likeness (QED) is 0.0427. The van der Waals surface area contributed by atoms with Gasteiger partial charge in [-0.1, -0.05) is 346 Å². The number of benzene rings is 11. The van der Waals surface area contributed by atoms with E-state index in [0.29, 0.717) is 0 Å². The highest BCUT2D eigenvalue weighted by atomic mass is 28.3. The van der Waals surface area contributed by atoms with Crippen LogP contribution in [-0.4, -0.2) is 127 Å². The Morgan fingerprint density at radius 1 is 0.120 bits per heavy atom. The van der Waals surface area contributed by atoms with Gasteiger partial charge in [0.15, 0.2) is 0 Å². The zero-order chi connectivity index (χ0) is 95.7. The summed E-state index contributed by atoms with van der Waals surface area (Å²) in [4.78, 5) is 89.6. The van der Waals surface area contributed by atoms with Gasteiger partial charge < -0.3 is 0 Å². The molecule has 0 amide bonds. The summed E-state index contributed by atoms with van der Waals surface area (Å²) >= 11 is 0. The SMILES string of the molecule is c1ccc(-c2cncnc2[Si](c2ccccc2)(c2ccccc2)c2ncncc2-c2ccccc2)cc1.c1ccc([Si](c2ccccc2)(c2ccccc2)c2nccnc2-c2cccnc2)cc1.c1ccc([Si](c2ccccc2)(c2nccnc2-c2ccncc2)c2nccnc2-c2cccnc2)cc1.c1ccc([Si](c2ccccc2)(c2ncncc2-c2cccnc2)c2ncncc2-c2cccnc2)cc1. The number of aromatic nitrogens is 19. The van der Waals surface area contributed by atoms with Crippen molar-refractivity contribution in [3.05, 3.63) is 544 Å². The molecule has 12 aromatic heterocycles. The van der Waals surface area contributed by atoms with Crippen LogP contribution in [-0.2, 0) is 0 Å². The van der Waals surface area contributed by atoms with Crippen LogP contribution in [0.25, 0.3) is 78.3 Å². The normalized spacial score (nSPS) is 11.2. The molecule has 0 bridgehead atoms. The van der Waals surface area contributed by atoms with Crippen molar-refractivity contribution in [3.8, 4) is 78.3 Å². The molecule has 11 aromatic carbocycles. The second-order valence-electron chi connectivity index (χ2n) is 33.1. The van der Waals surface area contributed by atoms with Crippen LogP contribution in [0.2, 0.25) is 0 Å². The molecule has 0 atom stereocenters. The van der Waals surface area contributed by atoms with Gasteiger partial charge in [0.2, 0.25) is 32.3 Å². The predicted molar refractivity (Wildman–Crippen MR) is 576 cm³/mol.